The van der Waals surface area contributed by atoms with Crippen molar-refractivity contribution in [1.29, 1.82) is 0 Å². The summed E-state index contributed by atoms with van der Waals surface area (Å²) in [5.41, 5.74) is 1.36. The molecule has 1 aliphatic heterocycles. The lowest BCUT2D eigenvalue weighted by molar-refractivity contribution is 0.573. The lowest BCUT2D eigenvalue weighted by atomic mass is 10.0. The molecule has 0 radical (unpaired) electrons. The predicted octanol–water partition coefficient (Wildman–Crippen LogP) is 3.27. The van der Waals surface area contributed by atoms with Crippen LogP contribution in [-0.4, -0.2) is 18.1 Å². The summed E-state index contributed by atoms with van der Waals surface area (Å²) in [6.45, 7) is 6.85. The summed E-state index contributed by atoms with van der Waals surface area (Å²) in [7, 11) is 0. The van der Waals surface area contributed by atoms with Crippen molar-refractivity contribution in [3.8, 4) is 0 Å². The van der Waals surface area contributed by atoms with E-state index in [1.165, 1.54) is 37.9 Å². The highest BCUT2D eigenvalue weighted by Crippen LogP contribution is 2.18. The minimum atomic E-state index is 0.711. The molecular formula is C14H22N2. The van der Waals surface area contributed by atoms with Crippen molar-refractivity contribution in [2.75, 3.05) is 18.0 Å². The van der Waals surface area contributed by atoms with Crippen molar-refractivity contribution >= 4 is 5.82 Å². The van der Waals surface area contributed by atoms with Gasteiger partial charge in [-0.15, -0.1) is 0 Å². The van der Waals surface area contributed by atoms with Crippen LogP contribution in [0, 0.1) is 5.92 Å². The Balaban J connectivity index is 2.00. The number of anilines is 1. The van der Waals surface area contributed by atoms with Crippen molar-refractivity contribution in [1.82, 2.24) is 4.98 Å². The molecule has 0 unspecified atom stereocenters. The Morgan fingerprint density at radius 3 is 2.50 bits per heavy atom. The third kappa shape index (κ3) is 2.97. The normalized spacial score (nSPS) is 16.8. The Morgan fingerprint density at radius 1 is 1.19 bits per heavy atom. The van der Waals surface area contributed by atoms with Gasteiger partial charge < -0.3 is 4.90 Å². The second-order valence-electron chi connectivity index (χ2n) is 5.17. The lowest BCUT2D eigenvalue weighted by Crippen LogP contribution is -2.30. The van der Waals surface area contributed by atoms with Crippen molar-refractivity contribution < 1.29 is 0 Å². The van der Waals surface area contributed by atoms with E-state index >= 15 is 0 Å². The first-order valence-corrected chi connectivity index (χ1v) is 6.45. The Bertz CT molecular complexity index is 310. The summed E-state index contributed by atoms with van der Waals surface area (Å²) in [5.74, 6) is 1.87. The van der Waals surface area contributed by atoms with E-state index in [0.29, 0.717) is 5.92 Å². The van der Waals surface area contributed by atoms with E-state index in [0.717, 1.165) is 12.2 Å². The largest absolute Gasteiger partial charge is 0.357 e. The molecule has 2 nitrogen and oxygen atoms in total. The van der Waals surface area contributed by atoms with Crippen molar-refractivity contribution in [3.05, 3.63) is 23.9 Å². The maximum atomic E-state index is 4.58. The number of hydrogen-bond acceptors (Lipinski definition) is 2. The van der Waals surface area contributed by atoms with Gasteiger partial charge in [0.25, 0.3) is 0 Å². The molecule has 0 saturated carbocycles. The van der Waals surface area contributed by atoms with Crippen molar-refractivity contribution in [3.63, 3.8) is 0 Å². The summed E-state index contributed by atoms with van der Waals surface area (Å²) in [6.07, 6.45) is 7.18. The molecule has 0 spiro atoms. The molecular weight excluding hydrogens is 196 g/mol. The molecule has 0 amide bonds. The smallest absolute Gasteiger partial charge is 0.128 e. The molecule has 2 heterocycles. The van der Waals surface area contributed by atoms with Crippen molar-refractivity contribution in [2.24, 2.45) is 5.92 Å². The van der Waals surface area contributed by atoms with Crippen LogP contribution in [-0.2, 0) is 6.42 Å². The van der Waals surface area contributed by atoms with E-state index < -0.39 is 0 Å². The Kier molecular flexibility index (Phi) is 3.81. The van der Waals surface area contributed by atoms with Gasteiger partial charge in [0.15, 0.2) is 0 Å². The number of hydrogen-bond donors (Lipinski definition) is 0. The number of rotatable bonds is 3. The molecule has 1 fully saturated rings. The summed E-state index contributed by atoms with van der Waals surface area (Å²) < 4.78 is 0. The summed E-state index contributed by atoms with van der Waals surface area (Å²) in [4.78, 5) is 6.99. The molecule has 1 saturated heterocycles. The third-order valence-corrected chi connectivity index (χ3v) is 3.13. The van der Waals surface area contributed by atoms with Gasteiger partial charge in [-0.2, -0.15) is 0 Å². The standard InChI is InChI=1S/C14H22N2/c1-12(2)10-13-6-7-14(15-11-13)16-8-4-3-5-9-16/h6-7,11-12H,3-5,8-10H2,1-2H3. The maximum Gasteiger partial charge on any atom is 0.128 e. The summed E-state index contributed by atoms with van der Waals surface area (Å²) in [6, 6.07) is 4.42. The maximum absolute atomic E-state index is 4.58. The molecule has 0 N–H and O–H groups in total. The molecule has 88 valence electrons. The average Bonchev–Trinajstić information content (AvgIpc) is 2.30. The van der Waals surface area contributed by atoms with E-state index in [1.54, 1.807) is 0 Å². The Morgan fingerprint density at radius 2 is 1.94 bits per heavy atom. The van der Waals surface area contributed by atoms with Crippen LogP contribution in [0.15, 0.2) is 18.3 Å². The minimum absolute atomic E-state index is 0.711. The first-order valence-electron chi connectivity index (χ1n) is 6.45. The molecule has 1 aromatic heterocycles. The van der Waals surface area contributed by atoms with Gasteiger partial charge in [-0.05, 0) is 43.2 Å². The molecule has 2 rings (SSSR count). The average molecular weight is 218 g/mol. The fraction of sp³-hybridized carbons (Fsp3) is 0.643. The predicted molar refractivity (Wildman–Crippen MR) is 68.8 cm³/mol. The molecule has 0 aromatic carbocycles. The van der Waals surface area contributed by atoms with Crippen LogP contribution in [0.25, 0.3) is 0 Å². The van der Waals surface area contributed by atoms with Crippen LogP contribution >= 0.6 is 0 Å². The highest BCUT2D eigenvalue weighted by atomic mass is 15.2. The quantitative estimate of drug-likeness (QED) is 0.774. The monoisotopic (exact) mass is 218 g/mol. The first-order chi connectivity index (χ1) is 7.75. The van der Waals surface area contributed by atoms with Gasteiger partial charge in [-0.3, -0.25) is 0 Å². The molecule has 2 heteroatoms. The molecule has 0 bridgehead atoms. The zero-order chi connectivity index (χ0) is 11.4. The number of pyridine rings is 1. The van der Waals surface area contributed by atoms with Crippen LogP contribution in [0.3, 0.4) is 0 Å². The van der Waals surface area contributed by atoms with Gasteiger partial charge in [-0.25, -0.2) is 4.98 Å². The van der Waals surface area contributed by atoms with Crippen LogP contribution in [0.4, 0.5) is 5.82 Å². The van der Waals surface area contributed by atoms with E-state index in [2.05, 4.69) is 35.9 Å². The number of piperidine rings is 1. The number of aromatic nitrogens is 1. The Labute approximate surface area is 98.7 Å². The van der Waals surface area contributed by atoms with E-state index in [4.69, 9.17) is 0 Å². The van der Waals surface area contributed by atoms with E-state index in [-0.39, 0.29) is 0 Å². The fourth-order valence-electron chi connectivity index (χ4n) is 2.32. The van der Waals surface area contributed by atoms with Crippen LogP contribution in [0.1, 0.15) is 38.7 Å². The zero-order valence-corrected chi connectivity index (χ0v) is 10.4. The Hall–Kier alpha value is -1.05. The van der Waals surface area contributed by atoms with E-state index in [1.807, 2.05) is 6.20 Å². The van der Waals surface area contributed by atoms with Gasteiger partial charge >= 0.3 is 0 Å². The first kappa shape index (κ1) is 11.4. The van der Waals surface area contributed by atoms with E-state index in [9.17, 15) is 0 Å². The fourth-order valence-corrected chi connectivity index (χ4v) is 2.32. The SMILES string of the molecule is CC(C)Cc1ccc(N2CCCCC2)nc1. The van der Waals surface area contributed by atoms with Gasteiger partial charge in [0.2, 0.25) is 0 Å². The molecule has 16 heavy (non-hydrogen) atoms. The molecule has 0 atom stereocenters. The topological polar surface area (TPSA) is 16.1 Å². The summed E-state index contributed by atoms with van der Waals surface area (Å²) in [5, 5.41) is 0. The third-order valence-electron chi connectivity index (χ3n) is 3.13. The zero-order valence-electron chi connectivity index (χ0n) is 10.4. The highest BCUT2D eigenvalue weighted by molar-refractivity contribution is 5.39. The van der Waals surface area contributed by atoms with Gasteiger partial charge in [0, 0.05) is 19.3 Å². The van der Waals surface area contributed by atoms with Crippen LogP contribution < -0.4 is 4.90 Å². The molecule has 0 aliphatic carbocycles. The molecule has 1 aliphatic rings. The summed E-state index contributed by atoms with van der Waals surface area (Å²) >= 11 is 0. The minimum Gasteiger partial charge on any atom is -0.357 e. The highest BCUT2D eigenvalue weighted by Gasteiger charge is 2.11. The van der Waals surface area contributed by atoms with Gasteiger partial charge in [-0.1, -0.05) is 19.9 Å². The van der Waals surface area contributed by atoms with Crippen molar-refractivity contribution in [2.45, 2.75) is 39.5 Å². The van der Waals surface area contributed by atoms with Gasteiger partial charge in [0.1, 0.15) is 5.82 Å². The lowest BCUT2D eigenvalue weighted by Gasteiger charge is -2.27. The number of nitrogens with zero attached hydrogens (tertiary/aromatic N) is 2. The van der Waals surface area contributed by atoms with Crippen LogP contribution in [0.5, 0.6) is 0 Å². The second-order valence-corrected chi connectivity index (χ2v) is 5.17. The molecule has 1 aromatic rings. The van der Waals surface area contributed by atoms with Gasteiger partial charge in [0.05, 0.1) is 0 Å². The second kappa shape index (κ2) is 5.33. The van der Waals surface area contributed by atoms with Crippen LogP contribution in [0.2, 0.25) is 0 Å².